The van der Waals surface area contributed by atoms with Gasteiger partial charge in [-0.05, 0) is 49.2 Å². The molecule has 0 aromatic heterocycles. The van der Waals surface area contributed by atoms with Gasteiger partial charge in [-0.15, -0.1) is 0 Å². The van der Waals surface area contributed by atoms with Gasteiger partial charge >= 0.3 is 0 Å². The molecule has 0 atom stereocenters. The lowest BCUT2D eigenvalue weighted by atomic mass is 9.83. The zero-order chi connectivity index (χ0) is 15.5. The molecule has 0 aliphatic rings. The second-order valence-electron chi connectivity index (χ2n) is 5.44. The van der Waals surface area contributed by atoms with E-state index in [2.05, 4.69) is 5.32 Å². The van der Waals surface area contributed by atoms with Crippen LogP contribution in [0, 0.1) is 5.82 Å². The van der Waals surface area contributed by atoms with Gasteiger partial charge in [-0.1, -0.05) is 35.9 Å². The van der Waals surface area contributed by atoms with Crippen LogP contribution >= 0.6 is 11.6 Å². The van der Waals surface area contributed by atoms with Gasteiger partial charge in [-0.3, -0.25) is 4.79 Å². The van der Waals surface area contributed by atoms with E-state index in [0.29, 0.717) is 11.6 Å². The van der Waals surface area contributed by atoms with Gasteiger partial charge in [0.25, 0.3) is 0 Å². The average Bonchev–Trinajstić information content (AvgIpc) is 2.46. The van der Waals surface area contributed by atoms with E-state index in [1.807, 2.05) is 26.0 Å². The first-order chi connectivity index (χ1) is 9.89. The maximum atomic E-state index is 12.8. The second kappa shape index (κ2) is 6.27. The number of amides is 1. The highest BCUT2D eigenvalue weighted by atomic mass is 35.5. The molecule has 0 fully saturated rings. The molecule has 0 aliphatic carbocycles. The molecule has 0 bridgehead atoms. The van der Waals surface area contributed by atoms with Crippen molar-refractivity contribution in [2.75, 3.05) is 0 Å². The lowest BCUT2D eigenvalue weighted by Crippen LogP contribution is -2.39. The van der Waals surface area contributed by atoms with Crippen LogP contribution in [0.3, 0.4) is 0 Å². The molecule has 4 heteroatoms. The molecule has 0 heterocycles. The van der Waals surface area contributed by atoms with Crippen molar-refractivity contribution in [1.82, 2.24) is 5.32 Å². The van der Waals surface area contributed by atoms with Gasteiger partial charge in [0.05, 0.1) is 5.41 Å². The lowest BCUT2D eigenvalue weighted by molar-refractivity contribution is -0.125. The Kier molecular flexibility index (Phi) is 4.63. The fraction of sp³-hybridized carbons (Fsp3) is 0.235. The van der Waals surface area contributed by atoms with Crippen LogP contribution in [0.25, 0.3) is 0 Å². The first-order valence-corrected chi connectivity index (χ1v) is 7.06. The fourth-order valence-corrected chi connectivity index (χ4v) is 2.20. The van der Waals surface area contributed by atoms with E-state index in [4.69, 9.17) is 11.6 Å². The van der Waals surface area contributed by atoms with Gasteiger partial charge in [0.15, 0.2) is 0 Å². The third kappa shape index (κ3) is 3.82. The third-order valence-corrected chi connectivity index (χ3v) is 3.72. The third-order valence-electron chi connectivity index (χ3n) is 3.48. The minimum absolute atomic E-state index is 0.103. The molecule has 0 aliphatic heterocycles. The van der Waals surface area contributed by atoms with Crippen molar-refractivity contribution in [3.63, 3.8) is 0 Å². The van der Waals surface area contributed by atoms with Gasteiger partial charge in [-0.2, -0.15) is 0 Å². The Morgan fingerprint density at radius 3 is 2.48 bits per heavy atom. The summed E-state index contributed by atoms with van der Waals surface area (Å²) >= 11 is 5.98. The summed E-state index contributed by atoms with van der Waals surface area (Å²) in [5.41, 5.74) is 1.02. The van der Waals surface area contributed by atoms with Crippen molar-refractivity contribution in [1.29, 1.82) is 0 Å². The predicted octanol–water partition coefficient (Wildman–Crippen LogP) is 4.07. The molecule has 0 saturated carbocycles. The quantitative estimate of drug-likeness (QED) is 0.906. The molecule has 2 aromatic rings. The highest BCUT2D eigenvalue weighted by Crippen LogP contribution is 2.25. The average molecular weight is 306 g/mol. The number of rotatable bonds is 4. The number of hydrogen-bond acceptors (Lipinski definition) is 1. The maximum absolute atomic E-state index is 12.8. The van der Waals surface area contributed by atoms with Crippen LogP contribution in [0.15, 0.2) is 48.5 Å². The van der Waals surface area contributed by atoms with E-state index in [1.54, 1.807) is 24.3 Å². The van der Waals surface area contributed by atoms with Crippen LogP contribution in [0.2, 0.25) is 5.02 Å². The number of halogens is 2. The Morgan fingerprint density at radius 1 is 1.19 bits per heavy atom. The van der Waals surface area contributed by atoms with Crippen LogP contribution in [-0.4, -0.2) is 5.91 Å². The van der Waals surface area contributed by atoms with Crippen LogP contribution in [-0.2, 0) is 16.8 Å². The SMILES string of the molecule is CC(C)(C(=O)NCc1ccc(F)cc1)c1cccc(Cl)c1. The smallest absolute Gasteiger partial charge is 0.230 e. The Labute approximate surface area is 128 Å². The van der Waals surface area contributed by atoms with Gasteiger partial charge in [0.1, 0.15) is 5.82 Å². The molecule has 0 radical (unpaired) electrons. The van der Waals surface area contributed by atoms with Crippen molar-refractivity contribution in [3.05, 3.63) is 70.5 Å². The van der Waals surface area contributed by atoms with Crippen molar-refractivity contribution < 1.29 is 9.18 Å². The van der Waals surface area contributed by atoms with Gasteiger partial charge < -0.3 is 5.32 Å². The van der Waals surface area contributed by atoms with Crippen LogP contribution in [0.4, 0.5) is 4.39 Å². The number of carbonyl (C=O) groups is 1. The topological polar surface area (TPSA) is 29.1 Å². The van der Waals surface area contributed by atoms with E-state index < -0.39 is 5.41 Å². The number of hydrogen-bond donors (Lipinski definition) is 1. The van der Waals surface area contributed by atoms with E-state index >= 15 is 0 Å². The van der Waals surface area contributed by atoms with Crippen molar-refractivity contribution in [2.24, 2.45) is 0 Å². The van der Waals surface area contributed by atoms with Gasteiger partial charge in [0, 0.05) is 11.6 Å². The highest BCUT2D eigenvalue weighted by Gasteiger charge is 2.29. The molecule has 2 nitrogen and oxygen atoms in total. The van der Waals surface area contributed by atoms with Gasteiger partial charge in [-0.25, -0.2) is 4.39 Å². The summed E-state index contributed by atoms with van der Waals surface area (Å²) in [5, 5.41) is 3.48. The standard InChI is InChI=1S/C17H17ClFNO/c1-17(2,13-4-3-5-14(18)10-13)16(21)20-11-12-6-8-15(19)9-7-12/h3-10H,11H2,1-2H3,(H,20,21). The van der Waals surface area contributed by atoms with E-state index in [9.17, 15) is 9.18 Å². The molecule has 2 rings (SSSR count). The fourth-order valence-electron chi connectivity index (χ4n) is 2.01. The molecule has 1 amide bonds. The maximum Gasteiger partial charge on any atom is 0.230 e. The Balaban J connectivity index is 2.06. The molecule has 0 unspecified atom stereocenters. The molecule has 0 saturated heterocycles. The summed E-state index contributed by atoms with van der Waals surface area (Å²) in [7, 11) is 0. The summed E-state index contributed by atoms with van der Waals surface area (Å²) < 4.78 is 12.8. The monoisotopic (exact) mass is 305 g/mol. The number of benzene rings is 2. The zero-order valence-electron chi connectivity index (χ0n) is 12.0. The van der Waals surface area contributed by atoms with E-state index in [0.717, 1.165) is 11.1 Å². The zero-order valence-corrected chi connectivity index (χ0v) is 12.7. The van der Waals surface area contributed by atoms with Crippen LogP contribution < -0.4 is 5.32 Å². The van der Waals surface area contributed by atoms with Crippen LogP contribution in [0.1, 0.15) is 25.0 Å². The van der Waals surface area contributed by atoms with Gasteiger partial charge in [0.2, 0.25) is 5.91 Å². The lowest BCUT2D eigenvalue weighted by Gasteiger charge is -2.24. The highest BCUT2D eigenvalue weighted by molar-refractivity contribution is 6.30. The van der Waals surface area contributed by atoms with E-state index in [-0.39, 0.29) is 11.7 Å². The first kappa shape index (κ1) is 15.5. The molecule has 110 valence electrons. The normalized spacial score (nSPS) is 11.2. The van der Waals surface area contributed by atoms with Crippen molar-refractivity contribution in [2.45, 2.75) is 25.8 Å². The van der Waals surface area contributed by atoms with Crippen molar-refractivity contribution >= 4 is 17.5 Å². The molecule has 0 spiro atoms. The Hall–Kier alpha value is -1.87. The molecular formula is C17H17ClFNO. The summed E-state index contributed by atoms with van der Waals surface area (Å²) in [6.45, 7) is 4.06. The summed E-state index contributed by atoms with van der Waals surface area (Å²) in [6.07, 6.45) is 0. The molecule has 2 aromatic carbocycles. The molecule has 21 heavy (non-hydrogen) atoms. The molecular weight excluding hydrogens is 289 g/mol. The number of nitrogens with one attached hydrogen (secondary N) is 1. The Bertz CT molecular complexity index is 637. The van der Waals surface area contributed by atoms with E-state index in [1.165, 1.54) is 12.1 Å². The Morgan fingerprint density at radius 2 is 1.86 bits per heavy atom. The number of carbonyl (C=O) groups excluding carboxylic acids is 1. The predicted molar refractivity (Wildman–Crippen MR) is 82.7 cm³/mol. The minimum Gasteiger partial charge on any atom is -0.351 e. The summed E-state index contributed by atoms with van der Waals surface area (Å²) in [4.78, 5) is 12.4. The first-order valence-electron chi connectivity index (χ1n) is 6.68. The summed E-state index contributed by atoms with van der Waals surface area (Å²) in [5.74, 6) is -0.390. The second-order valence-corrected chi connectivity index (χ2v) is 5.88. The van der Waals surface area contributed by atoms with Crippen molar-refractivity contribution in [3.8, 4) is 0 Å². The summed E-state index contributed by atoms with van der Waals surface area (Å²) in [6, 6.07) is 13.3. The minimum atomic E-state index is -0.690. The van der Waals surface area contributed by atoms with Crippen LogP contribution in [0.5, 0.6) is 0 Å². The largest absolute Gasteiger partial charge is 0.351 e. The molecule has 1 N–H and O–H groups in total.